The third-order valence-electron chi connectivity index (χ3n) is 3.07. The number of nitrogens with one attached hydrogen (secondary N) is 1. The van der Waals surface area contributed by atoms with Gasteiger partial charge in [0.2, 0.25) is 5.91 Å². The number of rotatable bonds is 5. The van der Waals surface area contributed by atoms with Gasteiger partial charge in [0, 0.05) is 18.2 Å². The topological polar surface area (TPSA) is 55.4 Å². The summed E-state index contributed by atoms with van der Waals surface area (Å²) in [5.41, 5.74) is 1.99. The van der Waals surface area contributed by atoms with Gasteiger partial charge >= 0.3 is 0 Å². The van der Waals surface area contributed by atoms with E-state index in [2.05, 4.69) is 21.2 Å². The van der Waals surface area contributed by atoms with Crippen molar-refractivity contribution in [1.29, 1.82) is 0 Å². The van der Waals surface area contributed by atoms with Crippen molar-refractivity contribution < 1.29 is 14.3 Å². The highest BCUT2D eigenvalue weighted by Gasteiger charge is 2.04. The van der Waals surface area contributed by atoms with Gasteiger partial charge in [0.05, 0.1) is 11.6 Å². The van der Waals surface area contributed by atoms with E-state index in [9.17, 15) is 9.59 Å². The Labute approximate surface area is 143 Å². The van der Waals surface area contributed by atoms with E-state index in [4.69, 9.17) is 4.74 Å². The molecule has 0 fully saturated rings. The zero-order valence-corrected chi connectivity index (χ0v) is 14.4. The number of ketones is 1. The third kappa shape index (κ3) is 4.79. The lowest BCUT2D eigenvalue weighted by atomic mass is 10.1. The number of allylic oxidation sites excluding steroid dienone is 1. The van der Waals surface area contributed by atoms with E-state index in [0.717, 1.165) is 15.8 Å². The SMILES string of the molecule is COc1ccc(/C=C/C(=O)c2cccc(NC(C)=O)c2)cc1Br. The number of carbonyl (C=O) groups is 2. The average Bonchev–Trinajstić information content (AvgIpc) is 2.52. The second kappa shape index (κ2) is 7.74. The zero-order chi connectivity index (χ0) is 16.8. The fourth-order valence-corrected chi connectivity index (χ4v) is 2.57. The molecule has 0 spiro atoms. The van der Waals surface area contributed by atoms with Crippen LogP contribution in [0.2, 0.25) is 0 Å². The highest BCUT2D eigenvalue weighted by molar-refractivity contribution is 9.10. The van der Waals surface area contributed by atoms with Crippen molar-refractivity contribution in [3.63, 3.8) is 0 Å². The first-order chi connectivity index (χ1) is 11.0. The average molecular weight is 374 g/mol. The molecule has 4 nitrogen and oxygen atoms in total. The van der Waals surface area contributed by atoms with Gasteiger partial charge in [-0.2, -0.15) is 0 Å². The monoisotopic (exact) mass is 373 g/mol. The van der Waals surface area contributed by atoms with Crippen LogP contribution in [0, 0.1) is 0 Å². The number of hydrogen-bond acceptors (Lipinski definition) is 3. The Bertz CT molecular complexity index is 769. The van der Waals surface area contributed by atoms with Gasteiger partial charge in [0.25, 0.3) is 0 Å². The number of hydrogen-bond donors (Lipinski definition) is 1. The number of anilines is 1. The summed E-state index contributed by atoms with van der Waals surface area (Å²) in [6, 6.07) is 12.4. The van der Waals surface area contributed by atoms with Gasteiger partial charge in [0.15, 0.2) is 5.78 Å². The van der Waals surface area contributed by atoms with Crippen LogP contribution in [0.1, 0.15) is 22.8 Å². The molecule has 0 saturated heterocycles. The van der Waals surface area contributed by atoms with Crippen LogP contribution in [-0.4, -0.2) is 18.8 Å². The Morgan fingerprint density at radius 1 is 1.17 bits per heavy atom. The first kappa shape index (κ1) is 17.0. The zero-order valence-electron chi connectivity index (χ0n) is 12.8. The molecule has 0 heterocycles. The summed E-state index contributed by atoms with van der Waals surface area (Å²) >= 11 is 3.41. The first-order valence-corrected chi connectivity index (χ1v) is 7.72. The molecule has 0 aliphatic heterocycles. The predicted molar refractivity (Wildman–Crippen MR) is 94.8 cm³/mol. The van der Waals surface area contributed by atoms with E-state index in [1.54, 1.807) is 37.5 Å². The van der Waals surface area contributed by atoms with Crippen LogP contribution >= 0.6 is 15.9 Å². The molecule has 1 amide bonds. The fourth-order valence-electron chi connectivity index (χ4n) is 2.01. The molecule has 5 heteroatoms. The molecule has 2 aromatic carbocycles. The maximum absolute atomic E-state index is 12.2. The third-order valence-corrected chi connectivity index (χ3v) is 3.69. The second-order valence-corrected chi connectivity index (χ2v) is 5.71. The number of carbonyl (C=O) groups excluding carboxylic acids is 2. The Morgan fingerprint density at radius 3 is 2.61 bits per heavy atom. The van der Waals surface area contributed by atoms with E-state index in [1.807, 2.05) is 18.2 Å². The molecule has 1 N–H and O–H groups in total. The summed E-state index contributed by atoms with van der Waals surface area (Å²) in [5, 5.41) is 2.66. The van der Waals surface area contributed by atoms with E-state index in [0.29, 0.717) is 11.3 Å². The Balaban J connectivity index is 2.15. The van der Waals surface area contributed by atoms with Crippen LogP contribution in [0.4, 0.5) is 5.69 Å². The molecule has 2 aromatic rings. The molecule has 0 saturated carbocycles. The highest BCUT2D eigenvalue weighted by atomic mass is 79.9. The van der Waals surface area contributed by atoms with E-state index >= 15 is 0 Å². The summed E-state index contributed by atoms with van der Waals surface area (Å²) in [6.07, 6.45) is 3.23. The van der Waals surface area contributed by atoms with Crippen LogP contribution in [0.15, 0.2) is 53.0 Å². The van der Waals surface area contributed by atoms with E-state index in [-0.39, 0.29) is 11.7 Å². The van der Waals surface area contributed by atoms with Crippen molar-refractivity contribution >= 4 is 39.4 Å². The van der Waals surface area contributed by atoms with Gasteiger partial charge in [0.1, 0.15) is 5.75 Å². The van der Waals surface area contributed by atoms with Crippen molar-refractivity contribution in [2.75, 3.05) is 12.4 Å². The van der Waals surface area contributed by atoms with Gasteiger partial charge in [-0.3, -0.25) is 9.59 Å². The molecular formula is C18H16BrNO3. The maximum Gasteiger partial charge on any atom is 0.221 e. The number of halogens is 1. The minimum atomic E-state index is -0.173. The first-order valence-electron chi connectivity index (χ1n) is 6.93. The van der Waals surface area contributed by atoms with Gasteiger partial charge in [-0.15, -0.1) is 0 Å². The predicted octanol–water partition coefficient (Wildman–Crippen LogP) is 4.31. The van der Waals surface area contributed by atoms with Crippen molar-refractivity contribution in [1.82, 2.24) is 0 Å². The van der Waals surface area contributed by atoms with Crippen LogP contribution in [0.25, 0.3) is 6.08 Å². The van der Waals surface area contributed by atoms with Gasteiger partial charge in [-0.25, -0.2) is 0 Å². The highest BCUT2D eigenvalue weighted by Crippen LogP contribution is 2.26. The molecule has 0 aliphatic carbocycles. The Kier molecular flexibility index (Phi) is 5.71. The molecule has 2 rings (SSSR count). The summed E-state index contributed by atoms with van der Waals surface area (Å²) in [6.45, 7) is 1.43. The van der Waals surface area contributed by atoms with Crippen molar-refractivity contribution in [2.24, 2.45) is 0 Å². The van der Waals surface area contributed by atoms with Gasteiger partial charge in [-0.05, 0) is 51.8 Å². The molecule has 0 atom stereocenters. The molecule has 0 aromatic heterocycles. The Hall–Kier alpha value is -2.40. The quantitative estimate of drug-likeness (QED) is 0.627. The summed E-state index contributed by atoms with van der Waals surface area (Å²) in [7, 11) is 1.60. The summed E-state index contributed by atoms with van der Waals surface area (Å²) in [4.78, 5) is 23.3. The molecule has 23 heavy (non-hydrogen) atoms. The maximum atomic E-state index is 12.2. The van der Waals surface area contributed by atoms with Gasteiger partial charge in [-0.1, -0.05) is 24.3 Å². The number of ether oxygens (including phenoxy) is 1. The minimum absolute atomic E-state index is 0.135. The number of benzene rings is 2. The second-order valence-electron chi connectivity index (χ2n) is 4.85. The lowest BCUT2D eigenvalue weighted by molar-refractivity contribution is -0.114. The minimum Gasteiger partial charge on any atom is -0.496 e. The normalized spacial score (nSPS) is 10.6. The van der Waals surface area contributed by atoms with Crippen LogP contribution in [0.5, 0.6) is 5.75 Å². The molecule has 118 valence electrons. The van der Waals surface area contributed by atoms with Crippen LogP contribution in [0.3, 0.4) is 0 Å². The van der Waals surface area contributed by atoms with Crippen molar-refractivity contribution in [2.45, 2.75) is 6.92 Å². The molecule has 0 radical (unpaired) electrons. The lowest BCUT2D eigenvalue weighted by Crippen LogP contribution is -2.06. The molecule has 0 bridgehead atoms. The molecule has 0 unspecified atom stereocenters. The van der Waals surface area contributed by atoms with Crippen LogP contribution in [-0.2, 0) is 4.79 Å². The smallest absolute Gasteiger partial charge is 0.221 e. The molecular weight excluding hydrogens is 358 g/mol. The van der Waals surface area contributed by atoms with Gasteiger partial charge < -0.3 is 10.1 Å². The fraction of sp³-hybridized carbons (Fsp3) is 0.111. The molecule has 0 aliphatic rings. The lowest BCUT2D eigenvalue weighted by Gasteiger charge is -2.04. The number of methoxy groups -OCH3 is 1. The largest absolute Gasteiger partial charge is 0.496 e. The standard InChI is InChI=1S/C18H16BrNO3/c1-12(21)20-15-5-3-4-14(11-15)17(22)8-6-13-7-9-18(23-2)16(19)10-13/h3-11H,1-2H3,(H,20,21)/b8-6+. The van der Waals surface area contributed by atoms with Crippen molar-refractivity contribution in [3.05, 3.63) is 64.1 Å². The summed E-state index contributed by atoms with van der Waals surface area (Å²) in [5.74, 6) is 0.425. The number of amides is 1. The Morgan fingerprint density at radius 2 is 1.96 bits per heavy atom. The van der Waals surface area contributed by atoms with Crippen LogP contribution < -0.4 is 10.1 Å². The van der Waals surface area contributed by atoms with Crippen molar-refractivity contribution in [3.8, 4) is 5.75 Å². The van der Waals surface area contributed by atoms with E-state index < -0.39 is 0 Å². The van der Waals surface area contributed by atoms with E-state index in [1.165, 1.54) is 13.0 Å². The summed E-state index contributed by atoms with van der Waals surface area (Å²) < 4.78 is 5.99.